The molecule has 0 saturated carbocycles. The van der Waals surface area contributed by atoms with E-state index in [4.69, 9.17) is 0 Å². The Kier molecular flexibility index (Phi) is 4.16. The van der Waals surface area contributed by atoms with Gasteiger partial charge in [-0.05, 0) is 36.8 Å². The van der Waals surface area contributed by atoms with Gasteiger partial charge in [0.2, 0.25) is 0 Å². The first-order valence-corrected chi connectivity index (χ1v) is 8.95. The molecule has 2 aromatic carbocycles. The highest BCUT2D eigenvalue weighted by atomic mass is 32.2. The summed E-state index contributed by atoms with van der Waals surface area (Å²) in [7, 11) is 3.80. The van der Waals surface area contributed by atoms with E-state index in [9.17, 15) is 4.39 Å². The second-order valence-electron chi connectivity index (χ2n) is 6.14. The number of aromatic amines is 1. The lowest BCUT2D eigenvalue weighted by atomic mass is 10.0. The summed E-state index contributed by atoms with van der Waals surface area (Å²) in [5.74, 6) is 0.327. The molecule has 0 bridgehead atoms. The van der Waals surface area contributed by atoms with Crippen LogP contribution in [0.15, 0.2) is 53.8 Å². The maximum atomic E-state index is 14.5. The van der Waals surface area contributed by atoms with Crippen molar-refractivity contribution < 1.29 is 4.39 Å². The number of aromatic nitrogens is 4. The van der Waals surface area contributed by atoms with Gasteiger partial charge in [0.1, 0.15) is 12.1 Å². The number of fused-ring (bicyclic) bond motifs is 1. The Balaban J connectivity index is 1.78. The number of hydrogen-bond donors (Lipinski definition) is 1. The standard InChI is InChI=1S/C19H18FN5S/c1-12-9-15(20)18-14(17(12)19-21-11-24(2)23-19)10-16(22-18)26-25(3)13-7-5-4-6-8-13/h4-11,22H,1-3H3. The van der Waals surface area contributed by atoms with Crippen molar-refractivity contribution in [3.8, 4) is 11.4 Å². The number of hydrogen-bond acceptors (Lipinski definition) is 4. The molecule has 1 N–H and O–H groups in total. The van der Waals surface area contributed by atoms with Crippen molar-refractivity contribution in [3.05, 3.63) is 60.2 Å². The third-order valence-electron chi connectivity index (χ3n) is 4.22. The Morgan fingerprint density at radius 3 is 2.65 bits per heavy atom. The van der Waals surface area contributed by atoms with E-state index >= 15 is 0 Å². The third-order valence-corrected chi connectivity index (χ3v) is 5.12. The minimum Gasteiger partial charge on any atom is -0.346 e. The molecule has 0 aliphatic carbocycles. The Labute approximate surface area is 155 Å². The van der Waals surface area contributed by atoms with Gasteiger partial charge in [0.15, 0.2) is 5.82 Å². The molecule has 2 heterocycles. The first kappa shape index (κ1) is 16.7. The Bertz CT molecular complexity index is 1070. The summed E-state index contributed by atoms with van der Waals surface area (Å²) in [5, 5.41) is 6.04. The molecule has 0 amide bonds. The summed E-state index contributed by atoms with van der Waals surface area (Å²) in [5.41, 5.74) is 3.21. The van der Waals surface area contributed by atoms with Crippen molar-refractivity contribution in [2.45, 2.75) is 11.9 Å². The van der Waals surface area contributed by atoms with Crippen LogP contribution in [0, 0.1) is 12.7 Å². The number of benzene rings is 2. The highest BCUT2D eigenvalue weighted by Crippen LogP contribution is 2.36. The largest absolute Gasteiger partial charge is 0.346 e. The molecule has 132 valence electrons. The molecule has 2 aromatic heterocycles. The van der Waals surface area contributed by atoms with Crippen LogP contribution < -0.4 is 4.31 Å². The van der Waals surface area contributed by atoms with E-state index in [1.54, 1.807) is 11.0 Å². The quantitative estimate of drug-likeness (QED) is 0.538. The molecule has 4 rings (SSSR count). The average molecular weight is 367 g/mol. The van der Waals surface area contributed by atoms with Gasteiger partial charge >= 0.3 is 0 Å². The minimum atomic E-state index is -0.272. The summed E-state index contributed by atoms with van der Waals surface area (Å²) in [6.45, 7) is 1.88. The minimum absolute atomic E-state index is 0.272. The Morgan fingerprint density at radius 2 is 1.96 bits per heavy atom. The Morgan fingerprint density at radius 1 is 1.19 bits per heavy atom. The number of rotatable bonds is 4. The molecule has 0 aliphatic rings. The Hall–Kier alpha value is -2.80. The van der Waals surface area contributed by atoms with Gasteiger partial charge in [-0.15, -0.1) is 0 Å². The van der Waals surface area contributed by atoms with Gasteiger partial charge in [-0.1, -0.05) is 18.2 Å². The van der Waals surface area contributed by atoms with E-state index in [1.807, 2.05) is 61.7 Å². The second kappa shape index (κ2) is 6.49. The van der Waals surface area contributed by atoms with Crippen LogP contribution in [0.5, 0.6) is 0 Å². The fraction of sp³-hybridized carbons (Fsp3) is 0.158. The zero-order valence-electron chi connectivity index (χ0n) is 14.7. The molecular formula is C19H18FN5S. The fourth-order valence-corrected chi connectivity index (χ4v) is 3.84. The van der Waals surface area contributed by atoms with Crippen LogP contribution in [0.4, 0.5) is 10.1 Å². The number of halogens is 1. The summed E-state index contributed by atoms with van der Waals surface area (Å²) >= 11 is 1.51. The highest BCUT2D eigenvalue weighted by Gasteiger charge is 2.18. The van der Waals surface area contributed by atoms with Crippen LogP contribution in [-0.4, -0.2) is 26.8 Å². The lowest BCUT2D eigenvalue weighted by Crippen LogP contribution is -2.05. The molecule has 0 saturated heterocycles. The molecule has 0 spiro atoms. The van der Waals surface area contributed by atoms with Crippen LogP contribution in [0.2, 0.25) is 0 Å². The van der Waals surface area contributed by atoms with Crippen LogP contribution in [0.25, 0.3) is 22.3 Å². The number of aryl methyl sites for hydroxylation is 2. The lowest BCUT2D eigenvalue weighted by Gasteiger charge is -2.16. The number of nitrogens with zero attached hydrogens (tertiary/aromatic N) is 4. The van der Waals surface area contributed by atoms with Gasteiger partial charge < -0.3 is 9.29 Å². The molecule has 4 aromatic rings. The van der Waals surface area contributed by atoms with Crippen molar-refractivity contribution >= 4 is 28.5 Å². The first-order valence-electron chi connectivity index (χ1n) is 8.17. The van der Waals surface area contributed by atoms with E-state index < -0.39 is 0 Å². The fourth-order valence-electron chi connectivity index (χ4n) is 3.00. The molecular weight excluding hydrogens is 349 g/mol. The monoisotopic (exact) mass is 367 g/mol. The predicted octanol–water partition coefficient (Wildman–Crippen LogP) is 4.55. The van der Waals surface area contributed by atoms with Crippen molar-refractivity contribution in [2.75, 3.05) is 11.4 Å². The van der Waals surface area contributed by atoms with Gasteiger partial charge in [0, 0.05) is 42.7 Å². The van der Waals surface area contributed by atoms with Crippen molar-refractivity contribution in [1.82, 2.24) is 19.7 Å². The second-order valence-corrected chi connectivity index (χ2v) is 7.31. The SMILES string of the molecule is Cc1cc(F)c2[nH]c(SN(C)c3ccccc3)cc2c1-c1ncn(C)n1. The number of anilines is 1. The summed E-state index contributed by atoms with van der Waals surface area (Å²) < 4.78 is 18.2. The lowest BCUT2D eigenvalue weighted by molar-refractivity contribution is 0.635. The summed E-state index contributed by atoms with van der Waals surface area (Å²) in [4.78, 5) is 7.54. The van der Waals surface area contributed by atoms with Crippen LogP contribution in [0.1, 0.15) is 5.56 Å². The molecule has 0 unspecified atom stereocenters. The van der Waals surface area contributed by atoms with Crippen LogP contribution in [-0.2, 0) is 7.05 Å². The van der Waals surface area contributed by atoms with Gasteiger partial charge in [-0.25, -0.2) is 9.37 Å². The van der Waals surface area contributed by atoms with Crippen molar-refractivity contribution in [3.63, 3.8) is 0 Å². The first-order chi connectivity index (χ1) is 12.5. The zero-order chi connectivity index (χ0) is 18.3. The van der Waals surface area contributed by atoms with E-state index in [-0.39, 0.29) is 5.82 Å². The van der Waals surface area contributed by atoms with E-state index in [2.05, 4.69) is 15.1 Å². The molecule has 0 aliphatic heterocycles. The number of para-hydroxylation sites is 1. The van der Waals surface area contributed by atoms with Gasteiger partial charge in [0.25, 0.3) is 0 Å². The van der Waals surface area contributed by atoms with Crippen molar-refractivity contribution in [1.29, 1.82) is 0 Å². The third kappa shape index (κ3) is 2.94. The smallest absolute Gasteiger partial charge is 0.182 e. The van der Waals surface area contributed by atoms with E-state index in [1.165, 1.54) is 18.0 Å². The number of nitrogens with one attached hydrogen (secondary N) is 1. The predicted molar refractivity (Wildman–Crippen MR) is 104 cm³/mol. The van der Waals surface area contributed by atoms with Gasteiger partial charge in [-0.2, -0.15) is 5.10 Å². The molecule has 0 atom stereocenters. The van der Waals surface area contributed by atoms with Gasteiger partial charge in [0.05, 0.1) is 10.5 Å². The maximum absolute atomic E-state index is 14.5. The summed E-state index contributed by atoms with van der Waals surface area (Å²) in [6, 6.07) is 13.5. The topological polar surface area (TPSA) is 49.7 Å². The van der Waals surface area contributed by atoms with Gasteiger partial charge in [-0.3, -0.25) is 4.68 Å². The van der Waals surface area contributed by atoms with Crippen molar-refractivity contribution in [2.24, 2.45) is 7.05 Å². The average Bonchev–Trinajstić information content (AvgIpc) is 3.22. The molecule has 7 heteroatoms. The molecule has 5 nitrogen and oxygen atoms in total. The highest BCUT2D eigenvalue weighted by molar-refractivity contribution is 8.00. The van der Waals surface area contributed by atoms with E-state index in [0.29, 0.717) is 11.3 Å². The van der Waals surface area contributed by atoms with Crippen LogP contribution in [0.3, 0.4) is 0 Å². The molecule has 26 heavy (non-hydrogen) atoms. The molecule has 0 fully saturated rings. The maximum Gasteiger partial charge on any atom is 0.182 e. The number of H-pyrrole nitrogens is 1. The van der Waals surface area contributed by atoms with E-state index in [0.717, 1.165) is 27.2 Å². The summed E-state index contributed by atoms with van der Waals surface area (Å²) in [6.07, 6.45) is 1.65. The zero-order valence-corrected chi connectivity index (χ0v) is 15.5. The van der Waals surface area contributed by atoms with Crippen LogP contribution >= 0.6 is 11.9 Å². The normalized spacial score (nSPS) is 11.2. The molecule has 0 radical (unpaired) electrons.